The second-order valence-electron chi connectivity index (χ2n) is 4.73. The monoisotopic (exact) mass is 306 g/mol. The molecule has 1 aromatic carbocycles. The van der Waals surface area contributed by atoms with Crippen LogP contribution in [0.2, 0.25) is 5.02 Å². The van der Waals surface area contributed by atoms with E-state index in [4.69, 9.17) is 11.6 Å². The van der Waals surface area contributed by atoms with Crippen molar-refractivity contribution in [2.45, 2.75) is 25.8 Å². The normalized spacial score (nSPS) is 17.8. The topological polar surface area (TPSA) is 15.3 Å². The average molecular weight is 307 g/mol. The van der Waals surface area contributed by atoms with E-state index in [1.807, 2.05) is 6.07 Å². The van der Waals surface area contributed by atoms with Crippen LogP contribution in [0.15, 0.2) is 18.2 Å². The molecule has 2 rings (SSSR count). The highest BCUT2D eigenvalue weighted by Gasteiger charge is 2.24. The van der Waals surface area contributed by atoms with E-state index in [1.54, 1.807) is 6.07 Å². The first-order chi connectivity index (χ1) is 8.74. The molecule has 1 aliphatic rings. The fourth-order valence-electron chi connectivity index (χ4n) is 2.58. The van der Waals surface area contributed by atoms with E-state index in [1.165, 1.54) is 6.07 Å². The molecule has 108 valence electrons. The van der Waals surface area contributed by atoms with E-state index < -0.39 is 0 Å². The van der Waals surface area contributed by atoms with Crippen molar-refractivity contribution in [2.24, 2.45) is 0 Å². The van der Waals surface area contributed by atoms with Gasteiger partial charge in [0, 0.05) is 32.2 Å². The van der Waals surface area contributed by atoms with E-state index in [0.717, 1.165) is 44.6 Å². The van der Waals surface area contributed by atoms with Gasteiger partial charge in [-0.3, -0.25) is 4.90 Å². The van der Waals surface area contributed by atoms with Gasteiger partial charge < -0.3 is 5.32 Å². The van der Waals surface area contributed by atoms with E-state index >= 15 is 0 Å². The lowest BCUT2D eigenvalue weighted by Gasteiger charge is -2.35. The van der Waals surface area contributed by atoms with Gasteiger partial charge in [0.15, 0.2) is 0 Å². The quantitative estimate of drug-likeness (QED) is 0.913. The molecule has 0 amide bonds. The Morgan fingerprint density at radius 2 is 2.05 bits per heavy atom. The van der Waals surface area contributed by atoms with Gasteiger partial charge in [-0.1, -0.05) is 37.1 Å². The first-order valence-electron chi connectivity index (χ1n) is 6.62. The summed E-state index contributed by atoms with van der Waals surface area (Å²) in [6, 6.07) is 5.36. The van der Waals surface area contributed by atoms with Crippen molar-refractivity contribution in [2.75, 3.05) is 26.2 Å². The van der Waals surface area contributed by atoms with Crippen molar-refractivity contribution in [1.29, 1.82) is 0 Å². The Balaban J connectivity index is 0.00000180. The Hall–Kier alpha value is -0.350. The SMILES string of the molecule is CCC[C@@H](c1cccc(F)c1Cl)N1CCNCC1.Cl. The summed E-state index contributed by atoms with van der Waals surface area (Å²) in [5.41, 5.74) is 0.931. The van der Waals surface area contributed by atoms with E-state index in [9.17, 15) is 4.39 Å². The lowest BCUT2D eigenvalue weighted by molar-refractivity contribution is 0.164. The van der Waals surface area contributed by atoms with Crippen molar-refractivity contribution in [3.63, 3.8) is 0 Å². The number of nitrogens with one attached hydrogen (secondary N) is 1. The maximum Gasteiger partial charge on any atom is 0.142 e. The van der Waals surface area contributed by atoms with Gasteiger partial charge in [0.2, 0.25) is 0 Å². The summed E-state index contributed by atoms with van der Waals surface area (Å²) in [7, 11) is 0. The summed E-state index contributed by atoms with van der Waals surface area (Å²) in [5.74, 6) is -0.314. The molecule has 0 saturated carbocycles. The van der Waals surface area contributed by atoms with Gasteiger partial charge in [0.05, 0.1) is 5.02 Å². The second-order valence-corrected chi connectivity index (χ2v) is 5.11. The van der Waals surface area contributed by atoms with Crippen molar-refractivity contribution in [3.05, 3.63) is 34.6 Å². The number of hydrogen-bond acceptors (Lipinski definition) is 2. The van der Waals surface area contributed by atoms with Crippen LogP contribution in [0.3, 0.4) is 0 Å². The molecule has 0 spiro atoms. The first kappa shape index (κ1) is 16.7. The standard InChI is InChI=1S/C14H20ClFN2.ClH/c1-2-4-13(18-9-7-17-8-10-18)11-5-3-6-12(16)14(11)15;/h3,5-6,13,17H,2,4,7-10H2,1H3;1H/t13-;/m0./s1. The third-order valence-electron chi connectivity index (χ3n) is 3.49. The number of nitrogens with zero attached hydrogens (tertiary/aromatic N) is 1. The Morgan fingerprint density at radius 3 is 2.68 bits per heavy atom. The minimum atomic E-state index is -0.314. The summed E-state index contributed by atoms with van der Waals surface area (Å²) in [6.45, 7) is 6.14. The fraction of sp³-hybridized carbons (Fsp3) is 0.571. The predicted molar refractivity (Wildman–Crippen MR) is 80.7 cm³/mol. The molecule has 1 fully saturated rings. The van der Waals surface area contributed by atoms with Crippen LogP contribution < -0.4 is 5.32 Å². The number of hydrogen-bond donors (Lipinski definition) is 1. The zero-order valence-electron chi connectivity index (χ0n) is 11.2. The Labute approximate surface area is 125 Å². The smallest absolute Gasteiger partial charge is 0.142 e. The van der Waals surface area contributed by atoms with Crippen LogP contribution in [-0.2, 0) is 0 Å². The van der Waals surface area contributed by atoms with Crippen LogP contribution in [0.25, 0.3) is 0 Å². The van der Waals surface area contributed by atoms with Crippen molar-refractivity contribution in [3.8, 4) is 0 Å². The van der Waals surface area contributed by atoms with Crippen LogP contribution in [0.5, 0.6) is 0 Å². The van der Waals surface area contributed by atoms with E-state index in [-0.39, 0.29) is 29.3 Å². The van der Waals surface area contributed by atoms with Gasteiger partial charge in [-0.25, -0.2) is 4.39 Å². The zero-order valence-corrected chi connectivity index (χ0v) is 12.7. The van der Waals surface area contributed by atoms with E-state index in [2.05, 4.69) is 17.1 Å². The highest BCUT2D eigenvalue weighted by Crippen LogP contribution is 2.32. The van der Waals surface area contributed by atoms with Crippen molar-refractivity contribution >= 4 is 24.0 Å². The molecule has 1 N–H and O–H groups in total. The molecule has 0 aromatic heterocycles. The van der Waals surface area contributed by atoms with Gasteiger partial charge >= 0.3 is 0 Å². The predicted octanol–water partition coefficient (Wildman–Crippen LogP) is 3.65. The molecule has 1 heterocycles. The number of benzene rings is 1. The molecular weight excluding hydrogens is 286 g/mol. The van der Waals surface area contributed by atoms with Gasteiger partial charge in [-0.2, -0.15) is 0 Å². The highest BCUT2D eigenvalue weighted by atomic mass is 35.5. The molecule has 5 heteroatoms. The molecule has 0 unspecified atom stereocenters. The molecule has 2 nitrogen and oxygen atoms in total. The largest absolute Gasteiger partial charge is 0.314 e. The lowest BCUT2D eigenvalue weighted by atomic mass is 9.99. The Morgan fingerprint density at radius 1 is 1.37 bits per heavy atom. The van der Waals surface area contributed by atoms with Gasteiger partial charge in [0.25, 0.3) is 0 Å². The number of piperazine rings is 1. The van der Waals surface area contributed by atoms with Crippen LogP contribution in [0.1, 0.15) is 31.4 Å². The molecule has 19 heavy (non-hydrogen) atoms. The summed E-state index contributed by atoms with van der Waals surface area (Å²) in [4.78, 5) is 2.40. The summed E-state index contributed by atoms with van der Waals surface area (Å²) >= 11 is 6.13. The molecule has 1 aromatic rings. The molecule has 1 atom stereocenters. The summed E-state index contributed by atoms with van der Waals surface area (Å²) in [5, 5.41) is 3.63. The van der Waals surface area contributed by atoms with Crippen molar-refractivity contribution < 1.29 is 4.39 Å². The molecule has 1 aliphatic heterocycles. The third-order valence-corrected chi connectivity index (χ3v) is 3.89. The van der Waals surface area contributed by atoms with Gasteiger partial charge in [-0.05, 0) is 18.1 Å². The van der Waals surface area contributed by atoms with Crippen LogP contribution >= 0.6 is 24.0 Å². The van der Waals surface area contributed by atoms with Crippen LogP contribution in [-0.4, -0.2) is 31.1 Å². The lowest BCUT2D eigenvalue weighted by Crippen LogP contribution is -2.45. The Bertz CT molecular complexity index is 395. The minimum absolute atomic E-state index is 0. The maximum atomic E-state index is 13.6. The second kappa shape index (κ2) is 8.05. The first-order valence-corrected chi connectivity index (χ1v) is 7.00. The fourth-order valence-corrected chi connectivity index (χ4v) is 2.83. The van der Waals surface area contributed by atoms with Crippen LogP contribution in [0, 0.1) is 5.82 Å². The molecule has 0 aliphatic carbocycles. The average Bonchev–Trinajstić information content (AvgIpc) is 2.41. The van der Waals surface area contributed by atoms with Crippen LogP contribution in [0.4, 0.5) is 4.39 Å². The maximum absolute atomic E-state index is 13.6. The van der Waals surface area contributed by atoms with Gasteiger partial charge in [0.1, 0.15) is 5.82 Å². The zero-order chi connectivity index (χ0) is 13.0. The molecule has 1 saturated heterocycles. The molecule has 0 radical (unpaired) electrons. The summed E-state index contributed by atoms with van der Waals surface area (Å²) in [6.07, 6.45) is 2.09. The van der Waals surface area contributed by atoms with E-state index in [0.29, 0.717) is 0 Å². The minimum Gasteiger partial charge on any atom is -0.314 e. The third kappa shape index (κ3) is 4.06. The molecular formula is C14H21Cl2FN2. The summed E-state index contributed by atoms with van der Waals surface area (Å²) < 4.78 is 13.6. The van der Waals surface area contributed by atoms with Crippen molar-refractivity contribution in [1.82, 2.24) is 10.2 Å². The highest BCUT2D eigenvalue weighted by molar-refractivity contribution is 6.31. The number of rotatable bonds is 4. The van der Waals surface area contributed by atoms with Gasteiger partial charge in [-0.15, -0.1) is 12.4 Å². The Kier molecular flexibility index (Phi) is 7.08. The number of halogens is 3. The molecule has 0 bridgehead atoms.